The Morgan fingerprint density at radius 3 is 2.58 bits per heavy atom. The summed E-state index contributed by atoms with van der Waals surface area (Å²) in [6.45, 7) is 4.72. The zero-order chi connectivity index (χ0) is 13.7. The molecule has 1 aromatic carbocycles. The summed E-state index contributed by atoms with van der Waals surface area (Å²) in [7, 11) is 0. The van der Waals surface area contributed by atoms with E-state index in [1.807, 2.05) is 44.2 Å². The molecule has 0 aliphatic carbocycles. The number of nitrogens with zero attached hydrogens (tertiary/aromatic N) is 1. The van der Waals surface area contributed by atoms with E-state index in [-0.39, 0.29) is 0 Å². The molecule has 0 amide bonds. The second-order valence-corrected chi connectivity index (χ2v) is 4.87. The molecular weight excluding hydrogens is 254 g/mol. The van der Waals surface area contributed by atoms with Crippen molar-refractivity contribution < 1.29 is 0 Å². The first-order valence-electron chi connectivity index (χ1n) is 6.17. The Morgan fingerprint density at radius 1 is 1.16 bits per heavy atom. The van der Waals surface area contributed by atoms with Crippen LogP contribution in [0.5, 0.6) is 0 Å². The van der Waals surface area contributed by atoms with Crippen LogP contribution in [0.2, 0.25) is 0 Å². The van der Waals surface area contributed by atoms with E-state index in [1.54, 1.807) is 0 Å². The van der Waals surface area contributed by atoms with Gasteiger partial charge in [-0.2, -0.15) is 0 Å². The zero-order valence-electron chi connectivity index (χ0n) is 11.1. The van der Waals surface area contributed by atoms with Gasteiger partial charge in [-0.25, -0.2) is 4.98 Å². The van der Waals surface area contributed by atoms with Gasteiger partial charge in [0.25, 0.3) is 0 Å². The summed E-state index contributed by atoms with van der Waals surface area (Å²) in [5.74, 6) is 0.781. The molecule has 0 saturated carbocycles. The van der Waals surface area contributed by atoms with Crippen molar-refractivity contribution in [2.24, 2.45) is 0 Å². The SMILES string of the molecule is Cc1cc(C)nc(NC(=S)NCc2ccccc2)c1. The Kier molecular flexibility index (Phi) is 4.47. The number of thiocarbonyl (C=S) groups is 1. The van der Waals surface area contributed by atoms with Gasteiger partial charge in [0.05, 0.1) is 0 Å². The number of aromatic nitrogens is 1. The average molecular weight is 271 g/mol. The van der Waals surface area contributed by atoms with Gasteiger partial charge in [-0.05, 0) is 49.3 Å². The molecule has 0 unspecified atom stereocenters. The van der Waals surface area contributed by atoms with E-state index in [4.69, 9.17) is 12.2 Å². The van der Waals surface area contributed by atoms with Gasteiger partial charge in [0, 0.05) is 12.2 Å². The van der Waals surface area contributed by atoms with Crippen LogP contribution >= 0.6 is 12.2 Å². The molecule has 1 aromatic heterocycles. The van der Waals surface area contributed by atoms with Crippen LogP contribution in [-0.4, -0.2) is 10.1 Å². The minimum Gasteiger partial charge on any atom is -0.358 e. The Labute approximate surface area is 119 Å². The number of hydrogen-bond acceptors (Lipinski definition) is 2. The first-order valence-corrected chi connectivity index (χ1v) is 6.58. The molecule has 0 spiro atoms. The predicted molar refractivity (Wildman–Crippen MR) is 83.2 cm³/mol. The smallest absolute Gasteiger partial charge is 0.172 e. The van der Waals surface area contributed by atoms with Crippen molar-refractivity contribution in [3.05, 3.63) is 59.3 Å². The van der Waals surface area contributed by atoms with Gasteiger partial charge in [-0.3, -0.25) is 0 Å². The molecule has 0 radical (unpaired) electrons. The first-order chi connectivity index (χ1) is 9.13. The maximum Gasteiger partial charge on any atom is 0.172 e. The van der Waals surface area contributed by atoms with Gasteiger partial charge in [0.2, 0.25) is 0 Å². The van der Waals surface area contributed by atoms with E-state index >= 15 is 0 Å². The zero-order valence-corrected chi connectivity index (χ0v) is 11.9. The van der Waals surface area contributed by atoms with Crippen LogP contribution in [0.15, 0.2) is 42.5 Å². The van der Waals surface area contributed by atoms with E-state index in [0.29, 0.717) is 11.7 Å². The topological polar surface area (TPSA) is 37.0 Å². The maximum absolute atomic E-state index is 5.26. The highest BCUT2D eigenvalue weighted by molar-refractivity contribution is 7.80. The fourth-order valence-electron chi connectivity index (χ4n) is 1.84. The number of rotatable bonds is 3. The van der Waals surface area contributed by atoms with Crippen molar-refractivity contribution in [2.75, 3.05) is 5.32 Å². The van der Waals surface area contributed by atoms with Gasteiger partial charge in [0.1, 0.15) is 5.82 Å². The molecule has 0 bridgehead atoms. The molecule has 0 atom stereocenters. The number of nitrogens with one attached hydrogen (secondary N) is 2. The van der Waals surface area contributed by atoms with E-state index in [2.05, 4.69) is 27.8 Å². The van der Waals surface area contributed by atoms with Crippen molar-refractivity contribution in [1.82, 2.24) is 10.3 Å². The molecule has 2 N–H and O–H groups in total. The highest BCUT2D eigenvalue weighted by Crippen LogP contribution is 2.08. The van der Waals surface area contributed by atoms with Crippen molar-refractivity contribution in [3.63, 3.8) is 0 Å². The van der Waals surface area contributed by atoms with Crippen molar-refractivity contribution in [3.8, 4) is 0 Å². The Balaban J connectivity index is 1.91. The highest BCUT2D eigenvalue weighted by Gasteiger charge is 2.00. The first kappa shape index (κ1) is 13.5. The van der Waals surface area contributed by atoms with Crippen molar-refractivity contribution in [1.29, 1.82) is 0 Å². The van der Waals surface area contributed by atoms with Gasteiger partial charge < -0.3 is 10.6 Å². The Hall–Kier alpha value is -1.94. The summed E-state index contributed by atoms with van der Waals surface area (Å²) >= 11 is 5.26. The Morgan fingerprint density at radius 2 is 1.89 bits per heavy atom. The predicted octanol–water partition coefficient (Wildman–Crippen LogP) is 3.19. The largest absolute Gasteiger partial charge is 0.358 e. The molecule has 19 heavy (non-hydrogen) atoms. The average Bonchev–Trinajstić information content (AvgIpc) is 2.36. The van der Waals surface area contributed by atoms with E-state index in [1.165, 1.54) is 11.1 Å². The molecule has 0 saturated heterocycles. The van der Waals surface area contributed by atoms with Crippen molar-refractivity contribution in [2.45, 2.75) is 20.4 Å². The molecule has 1 heterocycles. The number of anilines is 1. The van der Waals surface area contributed by atoms with Gasteiger partial charge in [-0.1, -0.05) is 30.3 Å². The molecule has 98 valence electrons. The van der Waals surface area contributed by atoms with E-state index in [9.17, 15) is 0 Å². The summed E-state index contributed by atoms with van der Waals surface area (Å²) in [5, 5.41) is 6.85. The lowest BCUT2D eigenvalue weighted by Crippen LogP contribution is -2.28. The molecule has 0 aliphatic heterocycles. The third kappa shape index (κ3) is 4.34. The normalized spacial score (nSPS) is 10.0. The fraction of sp³-hybridized carbons (Fsp3) is 0.200. The molecule has 0 fully saturated rings. The summed E-state index contributed by atoms with van der Waals surface area (Å²) in [6, 6.07) is 14.2. The lowest BCUT2D eigenvalue weighted by Gasteiger charge is -2.11. The number of benzene rings is 1. The number of hydrogen-bond donors (Lipinski definition) is 2. The van der Waals surface area contributed by atoms with Gasteiger partial charge in [-0.15, -0.1) is 0 Å². The second-order valence-electron chi connectivity index (χ2n) is 4.46. The summed E-state index contributed by atoms with van der Waals surface area (Å²) in [5.41, 5.74) is 3.34. The highest BCUT2D eigenvalue weighted by atomic mass is 32.1. The summed E-state index contributed by atoms with van der Waals surface area (Å²) in [4.78, 5) is 4.39. The van der Waals surface area contributed by atoms with Gasteiger partial charge in [0.15, 0.2) is 5.11 Å². The number of aryl methyl sites for hydroxylation is 2. The molecular formula is C15H17N3S. The minimum absolute atomic E-state index is 0.585. The molecule has 3 nitrogen and oxygen atoms in total. The fourth-order valence-corrected chi connectivity index (χ4v) is 2.02. The monoisotopic (exact) mass is 271 g/mol. The molecule has 2 rings (SSSR count). The quantitative estimate of drug-likeness (QED) is 0.841. The van der Waals surface area contributed by atoms with E-state index in [0.717, 1.165) is 11.5 Å². The van der Waals surface area contributed by atoms with E-state index < -0.39 is 0 Å². The molecule has 2 aromatic rings. The standard InChI is InChI=1S/C15H17N3S/c1-11-8-12(2)17-14(9-11)18-15(19)16-10-13-6-4-3-5-7-13/h3-9H,10H2,1-2H3,(H2,16,17,18,19). The Bertz CT molecular complexity index is 547. The number of pyridine rings is 1. The third-order valence-electron chi connectivity index (χ3n) is 2.64. The van der Waals surface area contributed by atoms with Crippen LogP contribution in [0, 0.1) is 13.8 Å². The summed E-state index contributed by atoms with van der Waals surface area (Å²) in [6.07, 6.45) is 0. The van der Waals surface area contributed by atoms with Crippen LogP contribution in [0.1, 0.15) is 16.8 Å². The second kappa shape index (κ2) is 6.29. The molecule has 4 heteroatoms. The third-order valence-corrected chi connectivity index (χ3v) is 2.88. The lowest BCUT2D eigenvalue weighted by molar-refractivity contribution is 0.924. The van der Waals surface area contributed by atoms with Crippen LogP contribution in [0.3, 0.4) is 0 Å². The van der Waals surface area contributed by atoms with Gasteiger partial charge >= 0.3 is 0 Å². The maximum atomic E-state index is 5.26. The lowest BCUT2D eigenvalue weighted by atomic mass is 10.2. The van der Waals surface area contributed by atoms with Crippen LogP contribution < -0.4 is 10.6 Å². The van der Waals surface area contributed by atoms with Crippen LogP contribution in [0.25, 0.3) is 0 Å². The minimum atomic E-state index is 0.585. The van der Waals surface area contributed by atoms with Crippen LogP contribution in [-0.2, 0) is 6.54 Å². The van der Waals surface area contributed by atoms with Crippen LogP contribution in [0.4, 0.5) is 5.82 Å². The van der Waals surface area contributed by atoms with Crippen molar-refractivity contribution >= 4 is 23.1 Å². The molecule has 0 aliphatic rings. The summed E-state index contributed by atoms with van der Waals surface area (Å²) < 4.78 is 0.